The third kappa shape index (κ3) is 2.18. The van der Waals surface area contributed by atoms with Gasteiger partial charge in [0.25, 0.3) is 0 Å². The predicted octanol–water partition coefficient (Wildman–Crippen LogP) is 3.47. The topological polar surface area (TPSA) is 24.9 Å². The summed E-state index contributed by atoms with van der Waals surface area (Å²) in [6, 6.07) is 4.05. The highest BCUT2D eigenvalue weighted by Gasteiger charge is 2.14. The molecule has 0 bridgehead atoms. The van der Waals surface area contributed by atoms with E-state index in [1.165, 1.54) is 6.07 Å². The molecule has 0 atom stereocenters. The van der Waals surface area contributed by atoms with Crippen molar-refractivity contribution in [1.82, 2.24) is 4.98 Å². The molecule has 1 N–H and O–H groups in total. The summed E-state index contributed by atoms with van der Waals surface area (Å²) in [5.41, 5.74) is -0.162. The van der Waals surface area contributed by atoms with Crippen molar-refractivity contribution in [1.29, 1.82) is 0 Å². The third-order valence-corrected chi connectivity index (χ3v) is 2.38. The summed E-state index contributed by atoms with van der Waals surface area (Å²) in [6.07, 6.45) is 0.889. The number of hydrogen-bond donors (Lipinski definition) is 1. The average Bonchev–Trinajstić information content (AvgIpc) is 2.34. The first kappa shape index (κ1) is 11.7. The van der Waals surface area contributed by atoms with Crippen molar-refractivity contribution in [3.05, 3.63) is 35.7 Å². The SMILES string of the molecule is CCCNc1ccc2cc(F)c(F)c(F)c2n1. The fourth-order valence-electron chi connectivity index (χ4n) is 1.52. The van der Waals surface area contributed by atoms with Crippen molar-refractivity contribution in [2.75, 3.05) is 11.9 Å². The standard InChI is InChI=1S/C12H11F3N2/c1-2-5-16-9-4-3-7-6-8(13)10(14)11(15)12(7)17-9/h3-4,6H,2,5H2,1H3,(H,16,17). The number of hydrogen-bond acceptors (Lipinski definition) is 2. The van der Waals surface area contributed by atoms with Gasteiger partial charge in [0.15, 0.2) is 17.5 Å². The zero-order chi connectivity index (χ0) is 12.4. The first-order valence-corrected chi connectivity index (χ1v) is 5.31. The lowest BCUT2D eigenvalue weighted by Gasteiger charge is -2.06. The molecule has 0 aliphatic heterocycles. The van der Waals surface area contributed by atoms with Gasteiger partial charge in [-0.3, -0.25) is 0 Å². The molecule has 0 amide bonds. The Bertz CT molecular complexity index is 555. The fraction of sp³-hybridized carbons (Fsp3) is 0.250. The maximum atomic E-state index is 13.5. The van der Waals surface area contributed by atoms with E-state index in [4.69, 9.17) is 0 Å². The van der Waals surface area contributed by atoms with Gasteiger partial charge in [0.2, 0.25) is 0 Å². The van der Waals surface area contributed by atoms with E-state index >= 15 is 0 Å². The number of anilines is 1. The first-order valence-electron chi connectivity index (χ1n) is 5.31. The van der Waals surface area contributed by atoms with Crippen molar-refractivity contribution in [2.24, 2.45) is 0 Å². The molecule has 0 unspecified atom stereocenters. The minimum Gasteiger partial charge on any atom is -0.370 e. The van der Waals surface area contributed by atoms with Gasteiger partial charge in [-0.1, -0.05) is 6.92 Å². The Morgan fingerprint density at radius 2 is 1.94 bits per heavy atom. The lowest BCUT2D eigenvalue weighted by molar-refractivity contribution is 0.452. The van der Waals surface area contributed by atoms with Crippen molar-refractivity contribution >= 4 is 16.7 Å². The van der Waals surface area contributed by atoms with Gasteiger partial charge in [-0.25, -0.2) is 18.2 Å². The van der Waals surface area contributed by atoms with Crippen LogP contribution in [0.2, 0.25) is 0 Å². The molecule has 0 aliphatic carbocycles. The highest BCUT2D eigenvalue weighted by Crippen LogP contribution is 2.22. The lowest BCUT2D eigenvalue weighted by atomic mass is 10.2. The number of fused-ring (bicyclic) bond motifs is 1. The smallest absolute Gasteiger partial charge is 0.196 e. The van der Waals surface area contributed by atoms with Gasteiger partial charge in [-0.2, -0.15) is 0 Å². The summed E-state index contributed by atoms with van der Waals surface area (Å²) in [5, 5.41) is 3.19. The van der Waals surface area contributed by atoms with Crippen LogP contribution in [0.15, 0.2) is 18.2 Å². The molecule has 17 heavy (non-hydrogen) atoms. The zero-order valence-electron chi connectivity index (χ0n) is 9.23. The third-order valence-electron chi connectivity index (χ3n) is 2.38. The van der Waals surface area contributed by atoms with E-state index < -0.39 is 17.5 Å². The molecule has 0 radical (unpaired) electrons. The Labute approximate surface area is 96.5 Å². The molecular formula is C12H11F3N2. The molecule has 90 valence electrons. The van der Waals surface area contributed by atoms with Crippen molar-refractivity contribution in [3.8, 4) is 0 Å². The van der Waals surface area contributed by atoms with Gasteiger partial charge in [0.05, 0.1) is 0 Å². The monoisotopic (exact) mass is 240 g/mol. The molecule has 2 rings (SSSR count). The van der Waals surface area contributed by atoms with E-state index in [0.717, 1.165) is 12.5 Å². The Kier molecular flexibility index (Phi) is 3.17. The highest BCUT2D eigenvalue weighted by molar-refractivity contribution is 5.81. The summed E-state index contributed by atoms with van der Waals surface area (Å²) >= 11 is 0. The predicted molar refractivity (Wildman–Crippen MR) is 60.4 cm³/mol. The molecule has 2 nitrogen and oxygen atoms in total. The van der Waals surface area contributed by atoms with Crippen LogP contribution in [0.25, 0.3) is 10.9 Å². The Hall–Kier alpha value is -1.78. The summed E-state index contributed by atoms with van der Waals surface area (Å²) in [6.45, 7) is 2.66. The second-order valence-electron chi connectivity index (χ2n) is 3.68. The van der Waals surface area contributed by atoms with E-state index in [2.05, 4.69) is 10.3 Å². The zero-order valence-corrected chi connectivity index (χ0v) is 9.23. The Morgan fingerprint density at radius 3 is 2.65 bits per heavy atom. The number of rotatable bonds is 3. The number of pyridine rings is 1. The molecule has 0 spiro atoms. The van der Waals surface area contributed by atoms with Gasteiger partial charge in [-0.05, 0) is 24.6 Å². The number of aromatic nitrogens is 1. The van der Waals surface area contributed by atoms with Crippen LogP contribution in [0.5, 0.6) is 0 Å². The number of nitrogens with zero attached hydrogens (tertiary/aromatic N) is 1. The molecule has 2 aromatic rings. The van der Waals surface area contributed by atoms with Crippen molar-refractivity contribution < 1.29 is 13.2 Å². The Morgan fingerprint density at radius 1 is 1.18 bits per heavy atom. The van der Waals surface area contributed by atoms with Crippen molar-refractivity contribution in [3.63, 3.8) is 0 Å². The number of benzene rings is 1. The minimum atomic E-state index is -1.49. The fourth-order valence-corrected chi connectivity index (χ4v) is 1.52. The maximum absolute atomic E-state index is 13.5. The van der Waals surface area contributed by atoms with Crippen LogP contribution in [-0.2, 0) is 0 Å². The molecule has 0 saturated carbocycles. The van der Waals surface area contributed by atoms with Crippen LogP contribution < -0.4 is 5.32 Å². The molecule has 0 saturated heterocycles. The minimum absolute atomic E-state index is 0.162. The molecule has 1 heterocycles. The van der Waals surface area contributed by atoms with E-state index in [-0.39, 0.29) is 10.9 Å². The van der Waals surface area contributed by atoms with E-state index in [0.29, 0.717) is 12.4 Å². The van der Waals surface area contributed by atoms with Gasteiger partial charge in [0.1, 0.15) is 11.3 Å². The van der Waals surface area contributed by atoms with Gasteiger partial charge < -0.3 is 5.32 Å². The molecular weight excluding hydrogens is 229 g/mol. The first-order chi connectivity index (χ1) is 8.13. The number of halogens is 3. The maximum Gasteiger partial charge on any atom is 0.196 e. The summed E-state index contributed by atoms with van der Waals surface area (Å²) < 4.78 is 39.4. The second kappa shape index (κ2) is 4.61. The van der Waals surface area contributed by atoms with E-state index in [1.807, 2.05) is 6.92 Å². The average molecular weight is 240 g/mol. The van der Waals surface area contributed by atoms with Gasteiger partial charge >= 0.3 is 0 Å². The summed E-state index contributed by atoms with van der Waals surface area (Å²) in [5.74, 6) is -3.49. The van der Waals surface area contributed by atoms with E-state index in [1.54, 1.807) is 6.07 Å². The second-order valence-corrected chi connectivity index (χ2v) is 3.68. The largest absolute Gasteiger partial charge is 0.370 e. The molecule has 0 aliphatic rings. The molecule has 0 fully saturated rings. The summed E-state index contributed by atoms with van der Waals surface area (Å²) in [4.78, 5) is 3.92. The van der Waals surface area contributed by atoms with Crippen LogP contribution in [-0.4, -0.2) is 11.5 Å². The lowest BCUT2D eigenvalue weighted by Crippen LogP contribution is -2.03. The van der Waals surface area contributed by atoms with Crippen LogP contribution >= 0.6 is 0 Å². The molecule has 1 aromatic carbocycles. The highest BCUT2D eigenvalue weighted by atomic mass is 19.2. The Balaban J connectivity index is 2.53. The van der Waals surface area contributed by atoms with Gasteiger partial charge in [0, 0.05) is 11.9 Å². The molecule has 5 heteroatoms. The summed E-state index contributed by atoms with van der Waals surface area (Å²) in [7, 11) is 0. The van der Waals surface area contributed by atoms with E-state index in [9.17, 15) is 13.2 Å². The van der Waals surface area contributed by atoms with Crippen molar-refractivity contribution in [2.45, 2.75) is 13.3 Å². The normalized spacial score (nSPS) is 10.8. The van der Waals surface area contributed by atoms with Crippen LogP contribution in [0, 0.1) is 17.5 Å². The van der Waals surface area contributed by atoms with Crippen LogP contribution in [0.3, 0.4) is 0 Å². The van der Waals surface area contributed by atoms with Gasteiger partial charge in [-0.15, -0.1) is 0 Å². The van der Waals surface area contributed by atoms with Crippen LogP contribution in [0.4, 0.5) is 19.0 Å². The molecule has 1 aromatic heterocycles. The number of nitrogens with one attached hydrogen (secondary N) is 1. The van der Waals surface area contributed by atoms with Crippen LogP contribution in [0.1, 0.15) is 13.3 Å². The quantitative estimate of drug-likeness (QED) is 0.831.